The van der Waals surface area contributed by atoms with Gasteiger partial charge in [0.25, 0.3) is 0 Å². The Morgan fingerprint density at radius 1 is 1.38 bits per heavy atom. The van der Waals surface area contributed by atoms with Gasteiger partial charge in [0, 0.05) is 12.6 Å². The van der Waals surface area contributed by atoms with Crippen molar-refractivity contribution in [1.82, 2.24) is 4.90 Å². The molecule has 78 valence electrons. The van der Waals surface area contributed by atoms with Crippen LogP contribution in [0.2, 0.25) is 0 Å². The van der Waals surface area contributed by atoms with Crippen molar-refractivity contribution in [3.63, 3.8) is 0 Å². The maximum atomic E-state index is 11.3. The number of amides is 1. The van der Waals surface area contributed by atoms with E-state index in [1.54, 1.807) is 0 Å². The third-order valence-corrected chi connectivity index (χ3v) is 2.29. The molecule has 0 radical (unpaired) electrons. The molecule has 0 saturated carbocycles. The van der Waals surface area contributed by atoms with Gasteiger partial charge in [0.1, 0.15) is 5.88 Å². The van der Waals surface area contributed by atoms with Crippen LogP contribution in [0.1, 0.15) is 40.0 Å². The van der Waals surface area contributed by atoms with Crippen molar-refractivity contribution in [3.05, 3.63) is 0 Å². The molecule has 0 aliphatic carbocycles. The van der Waals surface area contributed by atoms with Crippen molar-refractivity contribution in [3.8, 4) is 0 Å². The fourth-order valence-electron chi connectivity index (χ4n) is 1.28. The molecule has 1 amide bonds. The van der Waals surface area contributed by atoms with Crippen LogP contribution in [0.25, 0.3) is 0 Å². The fourth-order valence-corrected chi connectivity index (χ4v) is 1.43. The van der Waals surface area contributed by atoms with Gasteiger partial charge in [-0.25, -0.2) is 0 Å². The van der Waals surface area contributed by atoms with E-state index in [9.17, 15) is 4.79 Å². The Kier molecular flexibility index (Phi) is 7.06. The van der Waals surface area contributed by atoms with E-state index in [0.29, 0.717) is 0 Å². The molecule has 3 heteroatoms. The molecular weight excluding hydrogens is 186 g/mol. The molecule has 0 atom stereocenters. The normalized spacial score (nSPS) is 10.5. The van der Waals surface area contributed by atoms with Crippen LogP contribution < -0.4 is 0 Å². The molecule has 0 aliphatic heterocycles. The number of halogens is 1. The number of carbonyl (C=O) groups is 1. The van der Waals surface area contributed by atoms with Crippen LogP contribution in [-0.4, -0.2) is 29.3 Å². The molecule has 0 rings (SSSR count). The lowest BCUT2D eigenvalue weighted by Crippen LogP contribution is -2.38. The van der Waals surface area contributed by atoms with Crippen molar-refractivity contribution in [1.29, 1.82) is 0 Å². The van der Waals surface area contributed by atoms with Crippen LogP contribution in [0.15, 0.2) is 0 Å². The minimum absolute atomic E-state index is 0.0489. The molecule has 0 aliphatic rings. The lowest BCUT2D eigenvalue weighted by Gasteiger charge is -2.25. The first-order chi connectivity index (χ1) is 6.13. The minimum atomic E-state index is 0.0489. The van der Waals surface area contributed by atoms with E-state index >= 15 is 0 Å². The summed E-state index contributed by atoms with van der Waals surface area (Å²) in [6.45, 7) is 7.05. The zero-order valence-electron chi connectivity index (χ0n) is 8.85. The van der Waals surface area contributed by atoms with Crippen molar-refractivity contribution in [2.75, 3.05) is 12.4 Å². The molecule has 0 fully saturated rings. The zero-order valence-corrected chi connectivity index (χ0v) is 9.60. The summed E-state index contributed by atoms with van der Waals surface area (Å²) in [7, 11) is 0. The van der Waals surface area contributed by atoms with Gasteiger partial charge < -0.3 is 4.90 Å². The summed E-state index contributed by atoms with van der Waals surface area (Å²) in [5.41, 5.74) is 0. The molecular formula is C10H20ClNO. The number of rotatable bonds is 6. The Morgan fingerprint density at radius 2 is 2.00 bits per heavy atom. The summed E-state index contributed by atoms with van der Waals surface area (Å²) in [4.78, 5) is 13.2. The van der Waals surface area contributed by atoms with Crippen LogP contribution in [0.3, 0.4) is 0 Å². The number of carbonyl (C=O) groups excluding carboxylic acids is 1. The van der Waals surface area contributed by atoms with Gasteiger partial charge in [0.05, 0.1) is 0 Å². The lowest BCUT2D eigenvalue weighted by molar-refractivity contribution is -0.130. The van der Waals surface area contributed by atoms with Crippen molar-refractivity contribution in [2.24, 2.45) is 0 Å². The Bertz CT molecular complexity index is 148. The largest absolute Gasteiger partial charge is 0.339 e. The predicted octanol–water partition coefficient (Wildman–Crippen LogP) is 2.65. The highest BCUT2D eigenvalue weighted by Gasteiger charge is 2.14. The number of unbranched alkanes of at least 4 members (excludes halogenated alkanes) is 2. The summed E-state index contributed by atoms with van der Waals surface area (Å²) in [5.74, 6) is 0.150. The van der Waals surface area contributed by atoms with Gasteiger partial charge >= 0.3 is 0 Å². The summed E-state index contributed by atoms with van der Waals surface area (Å²) in [6, 6.07) is 0.267. The average Bonchev–Trinajstić information content (AvgIpc) is 2.11. The molecule has 0 unspecified atom stereocenters. The van der Waals surface area contributed by atoms with Crippen LogP contribution >= 0.6 is 11.6 Å². The van der Waals surface area contributed by atoms with E-state index in [1.165, 1.54) is 12.8 Å². The second kappa shape index (κ2) is 7.19. The number of hydrogen-bond donors (Lipinski definition) is 0. The molecule has 0 bridgehead atoms. The molecule has 13 heavy (non-hydrogen) atoms. The first-order valence-corrected chi connectivity index (χ1v) is 5.52. The second-order valence-corrected chi connectivity index (χ2v) is 3.79. The molecule has 2 nitrogen and oxygen atoms in total. The van der Waals surface area contributed by atoms with E-state index in [2.05, 4.69) is 6.92 Å². The number of hydrogen-bond acceptors (Lipinski definition) is 1. The van der Waals surface area contributed by atoms with Crippen LogP contribution in [0.4, 0.5) is 0 Å². The van der Waals surface area contributed by atoms with Crippen LogP contribution in [0, 0.1) is 0 Å². The summed E-state index contributed by atoms with van der Waals surface area (Å²) >= 11 is 5.51. The van der Waals surface area contributed by atoms with E-state index in [4.69, 9.17) is 11.6 Å². The maximum absolute atomic E-state index is 11.3. The monoisotopic (exact) mass is 205 g/mol. The lowest BCUT2D eigenvalue weighted by atomic mass is 10.2. The van der Waals surface area contributed by atoms with E-state index < -0.39 is 0 Å². The first-order valence-electron chi connectivity index (χ1n) is 4.98. The van der Waals surface area contributed by atoms with E-state index in [1.807, 2.05) is 18.7 Å². The Labute approximate surface area is 86.2 Å². The highest BCUT2D eigenvalue weighted by molar-refractivity contribution is 6.27. The molecule has 0 saturated heterocycles. The van der Waals surface area contributed by atoms with Gasteiger partial charge in [-0.2, -0.15) is 0 Å². The molecule has 0 spiro atoms. The quantitative estimate of drug-likeness (QED) is 0.482. The Balaban J connectivity index is 3.88. The van der Waals surface area contributed by atoms with Gasteiger partial charge in [0.2, 0.25) is 5.91 Å². The summed E-state index contributed by atoms with van der Waals surface area (Å²) < 4.78 is 0. The van der Waals surface area contributed by atoms with Gasteiger partial charge in [-0.15, -0.1) is 11.6 Å². The fraction of sp³-hybridized carbons (Fsp3) is 0.900. The molecule has 0 heterocycles. The van der Waals surface area contributed by atoms with E-state index in [0.717, 1.165) is 13.0 Å². The molecule has 0 aromatic heterocycles. The van der Waals surface area contributed by atoms with E-state index in [-0.39, 0.29) is 17.8 Å². The minimum Gasteiger partial charge on any atom is -0.339 e. The number of alkyl halides is 1. The summed E-state index contributed by atoms with van der Waals surface area (Å²) in [5, 5.41) is 0. The van der Waals surface area contributed by atoms with Gasteiger partial charge in [0.15, 0.2) is 0 Å². The number of nitrogens with zero attached hydrogens (tertiary/aromatic N) is 1. The van der Waals surface area contributed by atoms with Gasteiger partial charge in [-0.1, -0.05) is 19.8 Å². The molecule has 0 N–H and O–H groups in total. The highest BCUT2D eigenvalue weighted by atomic mass is 35.5. The smallest absolute Gasteiger partial charge is 0.237 e. The Morgan fingerprint density at radius 3 is 2.38 bits per heavy atom. The maximum Gasteiger partial charge on any atom is 0.237 e. The van der Waals surface area contributed by atoms with Gasteiger partial charge in [-0.05, 0) is 20.3 Å². The SMILES string of the molecule is CCCCCN(C(=O)CCl)C(C)C. The third kappa shape index (κ3) is 5.14. The van der Waals surface area contributed by atoms with Crippen LogP contribution in [-0.2, 0) is 4.79 Å². The zero-order chi connectivity index (χ0) is 10.3. The highest BCUT2D eigenvalue weighted by Crippen LogP contribution is 2.04. The topological polar surface area (TPSA) is 20.3 Å². The predicted molar refractivity (Wildman–Crippen MR) is 57.1 cm³/mol. The average molecular weight is 206 g/mol. The second-order valence-electron chi connectivity index (χ2n) is 3.52. The molecule has 0 aromatic rings. The van der Waals surface area contributed by atoms with Crippen molar-refractivity contribution >= 4 is 17.5 Å². The standard InChI is InChI=1S/C10H20ClNO/c1-4-5-6-7-12(9(2)3)10(13)8-11/h9H,4-8H2,1-3H3. The van der Waals surface area contributed by atoms with Crippen molar-refractivity contribution in [2.45, 2.75) is 46.1 Å². The third-order valence-electron chi connectivity index (χ3n) is 2.06. The van der Waals surface area contributed by atoms with Crippen LogP contribution in [0.5, 0.6) is 0 Å². The summed E-state index contributed by atoms with van der Waals surface area (Å²) in [6.07, 6.45) is 3.44. The Hall–Kier alpha value is -0.240. The van der Waals surface area contributed by atoms with Gasteiger partial charge in [-0.3, -0.25) is 4.79 Å². The van der Waals surface area contributed by atoms with Crippen molar-refractivity contribution < 1.29 is 4.79 Å². The molecule has 0 aromatic carbocycles. The first kappa shape index (κ1) is 12.8.